The maximum Gasteiger partial charge on any atom is 0.159 e. The molecule has 5 heteroatoms. The van der Waals surface area contributed by atoms with Crippen LogP contribution in [0.15, 0.2) is 48.5 Å². The summed E-state index contributed by atoms with van der Waals surface area (Å²) < 4.78 is 10.9. The lowest BCUT2D eigenvalue weighted by molar-refractivity contribution is -0.159. The molecule has 0 amide bonds. The number of hydrogen-bond donors (Lipinski definition) is 0. The zero-order valence-corrected chi connectivity index (χ0v) is 15.8. The molecule has 4 heterocycles. The molecule has 2 aromatic carbocycles. The van der Waals surface area contributed by atoms with Crippen LogP contribution in [-0.2, 0) is 15.6 Å². The molecule has 0 atom stereocenters. The minimum Gasteiger partial charge on any atom is -0.497 e. The van der Waals surface area contributed by atoms with Gasteiger partial charge in [0.25, 0.3) is 0 Å². The van der Waals surface area contributed by atoms with Gasteiger partial charge in [0, 0.05) is 26.2 Å². The predicted octanol–water partition coefficient (Wildman–Crippen LogP) is 2.05. The average molecular weight is 364 g/mol. The van der Waals surface area contributed by atoms with Gasteiger partial charge in [-0.3, -0.25) is 14.6 Å². The molecule has 5 nitrogen and oxygen atoms in total. The predicted molar refractivity (Wildman–Crippen MR) is 102 cm³/mol. The first-order valence-corrected chi connectivity index (χ1v) is 9.38. The van der Waals surface area contributed by atoms with Gasteiger partial charge in [0.15, 0.2) is 5.78 Å². The number of hydrogen-bond acceptors (Lipinski definition) is 5. The normalized spacial score (nSPS) is 33.9. The number of Topliss-reactive ketones (excluding diaryl/α,β-unsaturated/α-hetero) is 1. The summed E-state index contributed by atoms with van der Waals surface area (Å²) in [5.74, 6) is 1.94. The van der Waals surface area contributed by atoms with E-state index in [0.29, 0.717) is 5.78 Å². The lowest BCUT2D eigenvalue weighted by atomic mass is 9.56. The number of rotatable bonds is 4. The second-order valence-electron chi connectivity index (χ2n) is 8.07. The highest BCUT2D eigenvalue weighted by Gasteiger charge is 2.64. The zero-order chi connectivity index (χ0) is 18.6. The van der Waals surface area contributed by atoms with Crippen molar-refractivity contribution in [3.8, 4) is 11.5 Å². The van der Waals surface area contributed by atoms with E-state index in [2.05, 4.69) is 21.9 Å². The topological polar surface area (TPSA) is 42.0 Å². The molecule has 0 aromatic heterocycles. The summed E-state index contributed by atoms with van der Waals surface area (Å²) >= 11 is 0. The maximum atomic E-state index is 14.1. The molecule has 0 unspecified atom stereocenters. The molecule has 4 aliphatic rings. The number of carbonyl (C=O) groups is 1. The van der Waals surface area contributed by atoms with Crippen molar-refractivity contribution >= 4 is 5.78 Å². The zero-order valence-electron chi connectivity index (χ0n) is 15.8. The summed E-state index contributed by atoms with van der Waals surface area (Å²) in [4.78, 5) is 18.9. The van der Waals surface area contributed by atoms with Gasteiger partial charge in [-0.15, -0.1) is 0 Å². The van der Waals surface area contributed by atoms with Crippen LogP contribution >= 0.6 is 0 Å². The Labute approximate surface area is 159 Å². The molecule has 27 heavy (non-hydrogen) atoms. The number of benzene rings is 2. The Morgan fingerprint density at radius 3 is 1.63 bits per heavy atom. The number of piperidine rings is 2. The lowest BCUT2D eigenvalue weighted by Gasteiger charge is -2.63. The van der Waals surface area contributed by atoms with E-state index in [9.17, 15) is 4.79 Å². The highest BCUT2D eigenvalue weighted by atomic mass is 16.5. The summed E-state index contributed by atoms with van der Waals surface area (Å²) in [5, 5.41) is 0. The van der Waals surface area contributed by atoms with Gasteiger partial charge in [0.1, 0.15) is 11.5 Å². The van der Waals surface area contributed by atoms with Gasteiger partial charge in [0.2, 0.25) is 0 Å². The standard InChI is InChI=1S/C22H24N2O3/c1-26-18-7-3-5-16(9-18)21-11-23-13-22(20(21)25,14-24(12-21)15-23)17-6-4-8-19(10-17)27-2/h3-10H,11-15H2,1-2H3. The first kappa shape index (κ1) is 16.8. The van der Waals surface area contributed by atoms with Crippen molar-refractivity contribution in [2.45, 2.75) is 10.8 Å². The summed E-state index contributed by atoms with van der Waals surface area (Å²) in [6, 6.07) is 16.1. The number of ketones is 1. The van der Waals surface area contributed by atoms with Gasteiger partial charge in [-0.25, -0.2) is 0 Å². The van der Waals surface area contributed by atoms with Gasteiger partial charge in [-0.1, -0.05) is 24.3 Å². The molecule has 6 rings (SSSR count). The molecule has 0 aliphatic carbocycles. The van der Waals surface area contributed by atoms with Crippen molar-refractivity contribution < 1.29 is 14.3 Å². The van der Waals surface area contributed by atoms with Crippen LogP contribution in [0.3, 0.4) is 0 Å². The number of methoxy groups -OCH3 is 2. The van der Waals surface area contributed by atoms with Gasteiger partial charge in [-0.2, -0.15) is 0 Å². The molecule has 4 aliphatic heterocycles. The van der Waals surface area contributed by atoms with E-state index in [0.717, 1.165) is 55.5 Å². The van der Waals surface area contributed by atoms with Gasteiger partial charge in [0.05, 0.1) is 31.7 Å². The van der Waals surface area contributed by atoms with Crippen molar-refractivity contribution in [2.24, 2.45) is 0 Å². The SMILES string of the molecule is COc1cccc(C23CN4CN(C2)CC(c2cccc(OC)c2)(C4)C3=O)c1. The molecular weight excluding hydrogens is 340 g/mol. The maximum absolute atomic E-state index is 14.1. The van der Waals surface area contributed by atoms with Crippen molar-refractivity contribution in [2.75, 3.05) is 47.1 Å². The van der Waals surface area contributed by atoms with Crippen LogP contribution in [0.4, 0.5) is 0 Å². The third-order valence-electron chi connectivity index (χ3n) is 6.49. The minimum absolute atomic E-state index is 0.337. The molecule has 0 spiro atoms. The Hall–Kier alpha value is -2.37. The molecule has 2 aromatic rings. The molecule has 4 bridgehead atoms. The van der Waals surface area contributed by atoms with Crippen LogP contribution in [0.1, 0.15) is 11.1 Å². The lowest BCUT2D eigenvalue weighted by Crippen LogP contribution is -2.79. The van der Waals surface area contributed by atoms with E-state index in [1.165, 1.54) is 0 Å². The molecule has 140 valence electrons. The van der Waals surface area contributed by atoms with E-state index in [4.69, 9.17) is 9.47 Å². The van der Waals surface area contributed by atoms with Crippen molar-refractivity contribution in [3.63, 3.8) is 0 Å². The Bertz CT molecular complexity index is 826. The third-order valence-corrected chi connectivity index (χ3v) is 6.49. The average Bonchev–Trinajstić information content (AvgIpc) is 2.71. The first-order chi connectivity index (χ1) is 13.1. The van der Waals surface area contributed by atoms with E-state index in [1.54, 1.807) is 14.2 Å². The van der Waals surface area contributed by atoms with Gasteiger partial charge < -0.3 is 9.47 Å². The Morgan fingerprint density at radius 1 is 0.778 bits per heavy atom. The van der Waals surface area contributed by atoms with Crippen LogP contribution in [0.25, 0.3) is 0 Å². The Morgan fingerprint density at radius 2 is 1.22 bits per heavy atom. The number of ether oxygens (including phenoxy) is 2. The van der Waals surface area contributed by atoms with Gasteiger partial charge >= 0.3 is 0 Å². The van der Waals surface area contributed by atoms with E-state index >= 15 is 0 Å². The first-order valence-electron chi connectivity index (χ1n) is 9.38. The molecule has 0 radical (unpaired) electrons. The minimum atomic E-state index is -0.508. The molecule has 0 N–H and O–H groups in total. The summed E-state index contributed by atoms with van der Waals surface area (Å²) in [6.45, 7) is 4.05. The highest BCUT2D eigenvalue weighted by molar-refractivity contribution is 6.02. The van der Waals surface area contributed by atoms with E-state index in [-0.39, 0.29) is 0 Å². The fourth-order valence-corrected chi connectivity index (χ4v) is 5.44. The summed E-state index contributed by atoms with van der Waals surface area (Å²) in [6.07, 6.45) is 0. The molecular formula is C22H24N2O3. The second kappa shape index (κ2) is 5.81. The Balaban J connectivity index is 1.66. The smallest absolute Gasteiger partial charge is 0.159 e. The van der Waals surface area contributed by atoms with Gasteiger partial charge in [-0.05, 0) is 35.4 Å². The summed E-state index contributed by atoms with van der Waals surface area (Å²) in [5.41, 5.74) is 1.11. The molecule has 0 saturated carbocycles. The van der Waals surface area contributed by atoms with Crippen LogP contribution < -0.4 is 9.47 Å². The fraction of sp³-hybridized carbons (Fsp3) is 0.409. The monoisotopic (exact) mass is 364 g/mol. The number of nitrogens with zero attached hydrogens (tertiary/aromatic N) is 2. The van der Waals surface area contributed by atoms with E-state index < -0.39 is 10.8 Å². The van der Waals surface area contributed by atoms with Crippen molar-refractivity contribution in [1.82, 2.24) is 9.80 Å². The van der Waals surface area contributed by atoms with Crippen LogP contribution in [0.5, 0.6) is 11.5 Å². The fourth-order valence-electron chi connectivity index (χ4n) is 5.44. The number of carbonyl (C=O) groups excluding carboxylic acids is 1. The quantitative estimate of drug-likeness (QED) is 0.831. The van der Waals surface area contributed by atoms with Crippen LogP contribution in [0.2, 0.25) is 0 Å². The van der Waals surface area contributed by atoms with Crippen LogP contribution in [-0.4, -0.2) is 62.7 Å². The molecule has 4 saturated heterocycles. The van der Waals surface area contributed by atoms with Crippen molar-refractivity contribution in [1.29, 1.82) is 0 Å². The second-order valence-corrected chi connectivity index (χ2v) is 8.07. The van der Waals surface area contributed by atoms with Crippen molar-refractivity contribution in [3.05, 3.63) is 59.7 Å². The van der Waals surface area contributed by atoms with E-state index in [1.807, 2.05) is 36.4 Å². The highest BCUT2D eigenvalue weighted by Crippen LogP contribution is 2.49. The third kappa shape index (κ3) is 2.28. The van der Waals surface area contributed by atoms with Crippen LogP contribution in [0, 0.1) is 0 Å². The summed E-state index contributed by atoms with van der Waals surface area (Å²) in [7, 11) is 3.34. The Kier molecular flexibility index (Phi) is 3.61. The molecule has 4 fully saturated rings. The largest absolute Gasteiger partial charge is 0.497 e.